The highest BCUT2D eigenvalue weighted by Gasteiger charge is 2.19. The Morgan fingerprint density at radius 1 is 1.14 bits per heavy atom. The topological polar surface area (TPSA) is 58.2 Å². The van der Waals surface area contributed by atoms with E-state index in [2.05, 4.69) is 10.0 Å². The molecule has 0 saturated carbocycles. The Morgan fingerprint density at radius 3 is 2.71 bits per heavy atom. The molecule has 2 N–H and O–H groups in total. The van der Waals surface area contributed by atoms with Gasteiger partial charge in [-0.05, 0) is 74.8 Å². The van der Waals surface area contributed by atoms with E-state index in [0.29, 0.717) is 17.5 Å². The third kappa shape index (κ3) is 3.65. The molecule has 1 atom stereocenters. The van der Waals surface area contributed by atoms with Gasteiger partial charge in [-0.2, -0.15) is 0 Å². The number of hydrogen-bond acceptors (Lipinski definition) is 3. The average Bonchev–Trinajstić information content (AvgIpc) is 3.00. The van der Waals surface area contributed by atoms with Crippen molar-refractivity contribution in [3.05, 3.63) is 29.3 Å². The van der Waals surface area contributed by atoms with Gasteiger partial charge in [0.1, 0.15) is 0 Å². The second kappa shape index (κ2) is 6.46. The summed E-state index contributed by atoms with van der Waals surface area (Å²) in [6, 6.07) is 6.07. The van der Waals surface area contributed by atoms with Crippen LogP contribution in [0.3, 0.4) is 0 Å². The lowest BCUT2D eigenvalue weighted by atomic mass is 9.92. The lowest BCUT2D eigenvalue weighted by molar-refractivity contribution is 0.539. The second-order valence-electron chi connectivity index (χ2n) is 6.12. The highest BCUT2D eigenvalue weighted by atomic mass is 32.2. The second-order valence-corrected chi connectivity index (χ2v) is 7.88. The van der Waals surface area contributed by atoms with E-state index in [0.717, 1.165) is 38.6 Å². The maximum atomic E-state index is 12.4. The summed E-state index contributed by atoms with van der Waals surface area (Å²) < 4.78 is 27.5. The van der Waals surface area contributed by atoms with E-state index >= 15 is 0 Å². The molecule has 1 aromatic rings. The number of fused-ring (bicyclic) bond motifs is 1. The predicted octanol–water partition coefficient (Wildman–Crippen LogP) is 1.99. The fourth-order valence-corrected chi connectivity index (χ4v) is 4.43. The van der Waals surface area contributed by atoms with Crippen LogP contribution in [0, 0.1) is 0 Å². The van der Waals surface area contributed by atoms with Crippen LogP contribution in [0.25, 0.3) is 0 Å². The van der Waals surface area contributed by atoms with Crippen molar-refractivity contribution in [2.24, 2.45) is 0 Å². The van der Waals surface area contributed by atoms with Gasteiger partial charge < -0.3 is 5.32 Å². The zero-order valence-corrected chi connectivity index (χ0v) is 13.2. The van der Waals surface area contributed by atoms with Crippen molar-refractivity contribution in [3.63, 3.8) is 0 Å². The summed E-state index contributed by atoms with van der Waals surface area (Å²) >= 11 is 0. The van der Waals surface area contributed by atoms with Crippen LogP contribution in [0.15, 0.2) is 23.1 Å². The first-order chi connectivity index (χ1) is 10.1. The van der Waals surface area contributed by atoms with Gasteiger partial charge in [0.25, 0.3) is 0 Å². The molecule has 21 heavy (non-hydrogen) atoms. The Morgan fingerprint density at radius 2 is 1.95 bits per heavy atom. The summed E-state index contributed by atoms with van der Waals surface area (Å²) in [6.45, 7) is 1.57. The summed E-state index contributed by atoms with van der Waals surface area (Å²) in [6.07, 6.45) is 7.68. The molecule has 116 valence electrons. The zero-order valence-electron chi connectivity index (χ0n) is 12.4. The third-order valence-electron chi connectivity index (χ3n) is 4.58. The Kier molecular flexibility index (Phi) is 4.62. The van der Waals surface area contributed by atoms with Crippen LogP contribution in [0.1, 0.15) is 43.2 Å². The van der Waals surface area contributed by atoms with Crippen LogP contribution in [0.4, 0.5) is 0 Å². The molecule has 1 aliphatic carbocycles. The molecule has 0 radical (unpaired) electrons. The molecule has 0 spiro atoms. The van der Waals surface area contributed by atoms with Crippen molar-refractivity contribution in [2.75, 3.05) is 13.1 Å². The Labute approximate surface area is 127 Å². The lowest BCUT2D eigenvalue weighted by Gasteiger charge is -2.17. The largest absolute Gasteiger partial charge is 0.314 e. The van der Waals surface area contributed by atoms with E-state index in [9.17, 15) is 8.42 Å². The van der Waals surface area contributed by atoms with Crippen molar-refractivity contribution in [1.29, 1.82) is 0 Å². The van der Waals surface area contributed by atoms with Gasteiger partial charge in [-0.15, -0.1) is 0 Å². The van der Waals surface area contributed by atoms with Crippen LogP contribution in [-0.2, 0) is 22.9 Å². The molecule has 1 aromatic carbocycles. The minimum absolute atomic E-state index is 0.419. The van der Waals surface area contributed by atoms with Crippen molar-refractivity contribution < 1.29 is 8.42 Å². The maximum Gasteiger partial charge on any atom is 0.240 e. The van der Waals surface area contributed by atoms with Crippen molar-refractivity contribution >= 4 is 10.0 Å². The first-order valence-electron chi connectivity index (χ1n) is 8.00. The molecule has 5 heteroatoms. The predicted molar refractivity (Wildman–Crippen MR) is 83.9 cm³/mol. The van der Waals surface area contributed by atoms with Gasteiger partial charge in [-0.1, -0.05) is 6.07 Å². The first-order valence-corrected chi connectivity index (χ1v) is 9.48. The number of rotatable bonds is 5. The molecule has 0 amide bonds. The van der Waals surface area contributed by atoms with Crippen LogP contribution in [-0.4, -0.2) is 27.5 Å². The normalized spacial score (nSPS) is 22.2. The molecular formula is C16H24N2O2S. The number of aryl methyl sites for hydroxylation is 2. The van der Waals surface area contributed by atoms with Crippen molar-refractivity contribution in [3.8, 4) is 0 Å². The van der Waals surface area contributed by atoms with E-state index in [4.69, 9.17) is 0 Å². The summed E-state index contributed by atoms with van der Waals surface area (Å²) in [5.74, 6) is 0. The van der Waals surface area contributed by atoms with Gasteiger partial charge >= 0.3 is 0 Å². The van der Waals surface area contributed by atoms with Gasteiger partial charge in [-0.3, -0.25) is 0 Å². The van der Waals surface area contributed by atoms with Gasteiger partial charge in [0, 0.05) is 12.6 Å². The molecule has 1 aliphatic heterocycles. The van der Waals surface area contributed by atoms with E-state index in [1.54, 1.807) is 6.07 Å². The maximum absolute atomic E-state index is 12.4. The van der Waals surface area contributed by atoms with E-state index in [1.807, 2.05) is 12.1 Å². The number of benzene rings is 1. The number of nitrogens with one attached hydrogen (secondary N) is 2. The molecule has 1 fully saturated rings. The van der Waals surface area contributed by atoms with Crippen molar-refractivity contribution in [2.45, 2.75) is 55.9 Å². The Balaban J connectivity index is 1.63. The molecule has 2 aliphatic rings. The molecular weight excluding hydrogens is 284 g/mol. The SMILES string of the molecule is O=S(=O)(NCC[C@H]1CCCN1)c1ccc2c(c1)CCCC2. The van der Waals surface area contributed by atoms with Gasteiger partial charge in [-0.25, -0.2) is 13.1 Å². The number of hydrogen-bond donors (Lipinski definition) is 2. The molecule has 0 unspecified atom stereocenters. The first kappa shape index (κ1) is 15.0. The highest BCUT2D eigenvalue weighted by Crippen LogP contribution is 2.24. The van der Waals surface area contributed by atoms with Gasteiger partial charge in [0.15, 0.2) is 0 Å². The summed E-state index contributed by atoms with van der Waals surface area (Å²) in [5.41, 5.74) is 2.52. The molecule has 1 heterocycles. The quantitative estimate of drug-likeness (QED) is 0.874. The third-order valence-corrected chi connectivity index (χ3v) is 6.04. The standard InChI is InChI=1S/C16H24N2O2S/c19-21(20,18-11-9-15-6-3-10-17-15)16-8-7-13-4-1-2-5-14(13)12-16/h7-8,12,15,17-18H,1-6,9-11H2/t15-/m1/s1. The molecule has 1 saturated heterocycles. The summed E-state index contributed by atoms with van der Waals surface area (Å²) in [7, 11) is -3.36. The molecule has 0 bridgehead atoms. The smallest absolute Gasteiger partial charge is 0.240 e. The summed E-state index contributed by atoms with van der Waals surface area (Å²) in [5, 5.41) is 3.39. The van der Waals surface area contributed by atoms with Crippen molar-refractivity contribution in [1.82, 2.24) is 10.0 Å². The Hall–Kier alpha value is -0.910. The average molecular weight is 308 g/mol. The lowest BCUT2D eigenvalue weighted by Crippen LogP contribution is -2.30. The molecule has 3 rings (SSSR count). The minimum atomic E-state index is -3.36. The van der Waals surface area contributed by atoms with Gasteiger partial charge in [0.05, 0.1) is 4.90 Å². The van der Waals surface area contributed by atoms with E-state index in [-0.39, 0.29) is 0 Å². The van der Waals surface area contributed by atoms with E-state index < -0.39 is 10.0 Å². The minimum Gasteiger partial charge on any atom is -0.314 e. The zero-order chi connectivity index (χ0) is 14.7. The van der Waals surface area contributed by atoms with Crippen LogP contribution < -0.4 is 10.0 Å². The fraction of sp³-hybridized carbons (Fsp3) is 0.625. The fourth-order valence-electron chi connectivity index (χ4n) is 3.33. The van der Waals surface area contributed by atoms with Gasteiger partial charge in [0.2, 0.25) is 10.0 Å². The van der Waals surface area contributed by atoms with Crippen LogP contribution >= 0.6 is 0 Å². The van der Waals surface area contributed by atoms with Crippen LogP contribution in [0.2, 0.25) is 0 Å². The molecule has 4 nitrogen and oxygen atoms in total. The number of sulfonamides is 1. The van der Waals surface area contributed by atoms with E-state index in [1.165, 1.54) is 24.0 Å². The monoisotopic (exact) mass is 308 g/mol. The Bertz CT molecular complexity index is 592. The highest BCUT2D eigenvalue weighted by molar-refractivity contribution is 7.89. The van der Waals surface area contributed by atoms with Crippen LogP contribution in [0.5, 0.6) is 0 Å². The molecule has 0 aromatic heterocycles. The summed E-state index contributed by atoms with van der Waals surface area (Å²) in [4.78, 5) is 0.419.